The molecule has 10 heteroatoms. The molecule has 0 aliphatic carbocycles. The Morgan fingerprint density at radius 1 is 1.45 bits per heavy atom. The zero-order valence-electron chi connectivity index (χ0n) is 9.80. The van der Waals surface area contributed by atoms with Crippen molar-refractivity contribution in [1.82, 2.24) is 4.98 Å². The summed E-state index contributed by atoms with van der Waals surface area (Å²) in [6.07, 6.45) is -8.32. The average Bonchev–Trinajstić information content (AvgIpc) is 2.29. The molecule has 0 atom stereocenters. The molecule has 20 heavy (non-hydrogen) atoms. The van der Waals surface area contributed by atoms with Crippen molar-refractivity contribution in [3.8, 4) is 5.88 Å². The van der Waals surface area contributed by atoms with Gasteiger partial charge in [0.2, 0.25) is 5.88 Å². The van der Waals surface area contributed by atoms with Crippen molar-refractivity contribution in [3.05, 3.63) is 20.9 Å². The van der Waals surface area contributed by atoms with E-state index in [1.165, 1.54) is 29.5 Å². The Bertz CT molecular complexity index is 506. The van der Waals surface area contributed by atoms with Crippen LogP contribution in [0.1, 0.15) is 29.4 Å². The van der Waals surface area contributed by atoms with Crippen LogP contribution in [0.5, 0.6) is 5.88 Å². The SMILES string of the molecule is CCOC(=O)c1cc(I)c(OC(F)(F)F)nc1C(F)F. The van der Waals surface area contributed by atoms with Crippen LogP contribution in [0.2, 0.25) is 0 Å². The minimum Gasteiger partial charge on any atom is -0.462 e. The molecule has 0 amide bonds. The number of alkyl halides is 5. The molecule has 1 rings (SSSR count). The van der Waals surface area contributed by atoms with E-state index in [9.17, 15) is 26.7 Å². The van der Waals surface area contributed by atoms with E-state index < -0.39 is 35.9 Å². The molecule has 0 aliphatic rings. The number of hydrogen-bond acceptors (Lipinski definition) is 4. The van der Waals surface area contributed by atoms with Gasteiger partial charge in [0.05, 0.1) is 15.7 Å². The van der Waals surface area contributed by atoms with Gasteiger partial charge in [0.15, 0.2) is 0 Å². The fraction of sp³-hybridized carbons (Fsp3) is 0.400. The Morgan fingerprint density at radius 3 is 2.50 bits per heavy atom. The topological polar surface area (TPSA) is 48.4 Å². The van der Waals surface area contributed by atoms with Crippen molar-refractivity contribution in [3.63, 3.8) is 0 Å². The molecule has 0 aliphatic heterocycles. The summed E-state index contributed by atoms with van der Waals surface area (Å²) in [5.74, 6) is -2.13. The van der Waals surface area contributed by atoms with Gasteiger partial charge in [0.25, 0.3) is 6.43 Å². The highest BCUT2D eigenvalue weighted by molar-refractivity contribution is 14.1. The molecule has 1 aromatic heterocycles. The summed E-state index contributed by atoms with van der Waals surface area (Å²) in [5, 5.41) is 0. The number of nitrogens with zero attached hydrogens (tertiary/aromatic N) is 1. The zero-order chi connectivity index (χ0) is 15.5. The summed E-state index contributed by atoms with van der Waals surface area (Å²) in [7, 11) is 0. The Morgan fingerprint density at radius 2 is 2.05 bits per heavy atom. The standard InChI is InChI=1S/C10H7F5INO3/c1-2-19-9(18)4-3-5(16)8(20-10(13,14)15)17-6(4)7(11)12/h3,7H,2H2,1H3. The van der Waals surface area contributed by atoms with Gasteiger partial charge in [0, 0.05) is 0 Å². The molecule has 0 unspecified atom stereocenters. The van der Waals surface area contributed by atoms with Gasteiger partial charge >= 0.3 is 12.3 Å². The highest BCUT2D eigenvalue weighted by Crippen LogP contribution is 2.31. The predicted molar refractivity (Wildman–Crippen MR) is 64.6 cm³/mol. The van der Waals surface area contributed by atoms with E-state index in [1.54, 1.807) is 0 Å². The number of hydrogen-bond donors (Lipinski definition) is 0. The van der Waals surface area contributed by atoms with E-state index in [2.05, 4.69) is 14.5 Å². The largest absolute Gasteiger partial charge is 0.574 e. The predicted octanol–water partition coefficient (Wildman–Crippen LogP) is 3.70. The van der Waals surface area contributed by atoms with Gasteiger partial charge in [-0.05, 0) is 35.6 Å². The lowest BCUT2D eigenvalue weighted by Crippen LogP contribution is -2.20. The molecular formula is C10H7F5INO3. The number of rotatable bonds is 4. The summed E-state index contributed by atoms with van der Waals surface area (Å²) in [4.78, 5) is 14.5. The first-order valence-electron chi connectivity index (χ1n) is 5.07. The van der Waals surface area contributed by atoms with E-state index in [-0.39, 0.29) is 10.2 Å². The van der Waals surface area contributed by atoms with Gasteiger partial charge in [0.1, 0.15) is 5.69 Å². The van der Waals surface area contributed by atoms with E-state index in [0.717, 1.165) is 6.07 Å². The normalized spacial score (nSPS) is 11.6. The van der Waals surface area contributed by atoms with Crippen molar-refractivity contribution in [1.29, 1.82) is 0 Å². The van der Waals surface area contributed by atoms with Crippen LogP contribution in [0, 0.1) is 3.57 Å². The Labute approximate surface area is 123 Å². The molecule has 0 saturated carbocycles. The van der Waals surface area contributed by atoms with Crippen LogP contribution in [-0.4, -0.2) is 23.9 Å². The molecule has 112 valence electrons. The highest BCUT2D eigenvalue weighted by Gasteiger charge is 2.34. The van der Waals surface area contributed by atoms with Crippen LogP contribution in [0.15, 0.2) is 6.07 Å². The van der Waals surface area contributed by atoms with E-state index in [4.69, 9.17) is 0 Å². The minimum atomic E-state index is -5.07. The molecule has 0 saturated heterocycles. The van der Waals surface area contributed by atoms with Crippen LogP contribution in [0.25, 0.3) is 0 Å². The first-order valence-corrected chi connectivity index (χ1v) is 6.15. The van der Waals surface area contributed by atoms with Gasteiger partial charge in [-0.25, -0.2) is 18.6 Å². The van der Waals surface area contributed by atoms with E-state index >= 15 is 0 Å². The van der Waals surface area contributed by atoms with Crippen molar-refractivity contribution >= 4 is 28.6 Å². The molecule has 0 aromatic carbocycles. The van der Waals surface area contributed by atoms with Crippen LogP contribution >= 0.6 is 22.6 Å². The van der Waals surface area contributed by atoms with Gasteiger partial charge < -0.3 is 9.47 Å². The maximum atomic E-state index is 12.8. The summed E-state index contributed by atoms with van der Waals surface area (Å²) >= 11 is 1.39. The molecule has 4 nitrogen and oxygen atoms in total. The summed E-state index contributed by atoms with van der Waals surface area (Å²) in [6, 6.07) is 0.814. The molecule has 0 radical (unpaired) electrons. The van der Waals surface area contributed by atoms with Crippen molar-refractivity contribution in [2.75, 3.05) is 6.61 Å². The summed E-state index contributed by atoms with van der Waals surface area (Å²) in [5.41, 5.74) is -1.72. The maximum absolute atomic E-state index is 12.8. The zero-order valence-corrected chi connectivity index (χ0v) is 12.0. The summed E-state index contributed by atoms with van der Waals surface area (Å²) in [6.45, 7) is 1.39. The fourth-order valence-electron chi connectivity index (χ4n) is 1.21. The van der Waals surface area contributed by atoms with Crippen molar-refractivity contribution < 1.29 is 36.2 Å². The Balaban J connectivity index is 3.28. The third kappa shape index (κ3) is 4.42. The van der Waals surface area contributed by atoms with Crippen LogP contribution in [-0.2, 0) is 4.74 Å². The quantitative estimate of drug-likeness (QED) is 0.431. The first-order chi connectivity index (χ1) is 9.15. The van der Waals surface area contributed by atoms with Gasteiger partial charge in [-0.2, -0.15) is 0 Å². The smallest absolute Gasteiger partial charge is 0.462 e. The van der Waals surface area contributed by atoms with Crippen LogP contribution < -0.4 is 4.74 Å². The number of aromatic nitrogens is 1. The van der Waals surface area contributed by atoms with Crippen molar-refractivity contribution in [2.45, 2.75) is 19.7 Å². The molecule has 1 aromatic rings. The average molecular weight is 411 g/mol. The maximum Gasteiger partial charge on any atom is 0.574 e. The monoisotopic (exact) mass is 411 g/mol. The number of esters is 1. The second-order valence-corrected chi connectivity index (χ2v) is 4.44. The Kier molecular flexibility index (Phi) is 5.48. The second kappa shape index (κ2) is 6.50. The number of carbonyl (C=O) groups excluding carboxylic acids is 1. The lowest BCUT2D eigenvalue weighted by atomic mass is 10.2. The van der Waals surface area contributed by atoms with E-state index in [0.29, 0.717) is 0 Å². The van der Waals surface area contributed by atoms with Gasteiger partial charge in [-0.1, -0.05) is 0 Å². The van der Waals surface area contributed by atoms with Crippen LogP contribution in [0.4, 0.5) is 22.0 Å². The second-order valence-electron chi connectivity index (χ2n) is 3.28. The minimum absolute atomic E-state index is 0.0705. The fourth-order valence-corrected chi connectivity index (χ4v) is 1.75. The van der Waals surface area contributed by atoms with Gasteiger partial charge in [-0.3, -0.25) is 0 Å². The molecule has 1 heterocycles. The number of carbonyl (C=O) groups is 1. The molecule has 0 fully saturated rings. The molecular weight excluding hydrogens is 404 g/mol. The van der Waals surface area contributed by atoms with E-state index in [1.807, 2.05) is 0 Å². The lowest BCUT2D eigenvalue weighted by Gasteiger charge is -2.13. The number of pyridine rings is 1. The number of halogens is 6. The lowest BCUT2D eigenvalue weighted by molar-refractivity contribution is -0.276. The first kappa shape index (κ1) is 16.9. The molecule has 0 bridgehead atoms. The molecule has 0 spiro atoms. The highest BCUT2D eigenvalue weighted by atomic mass is 127. The molecule has 0 N–H and O–H groups in total. The third-order valence-corrected chi connectivity index (χ3v) is 2.66. The third-order valence-electron chi connectivity index (χ3n) is 1.89. The Hall–Kier alpha value is -1.20. The van der Waals surface area contributed by atoms with Crippen molar-refractivity contribution in [2.24, 2.45) is 0 Å². The number of ether oxygens (including phenoxy) is 2. The van der Waals surface area contributed by atoms with Gasteiger partial charge in [-0.15, -0.1) is 13.2 Å². The summed E-state index contributed by atoms with van der Waals surface area (Å²) < 4.78 is 69.6. The van der Waals surface area contributed by atoms with Crippen LogP contribution in [0.3, 0.4) is 0 Å².